The number of hydrogen-bond donors (Lipinski definition) is 2. The number of rotatable bonds is 5. The summed E-state index contributed by atoms with van der Waals surface area (Å²) in [6.45, 7) is 0. The third-order valence-corrected chi connectivity index (χ3v) is 3.53. The van der Waals surface area contributed by atoms with Crippen LogP contribution in [0.25, 0.3) is 0 Å². The second-order valence-electron chi connectivity index (χ2n) is 4.93. The van der Waals surface area contributed by atoms with E-state index in [1.165, 1.54) is 19.2 Å². The highest BCUT2D eigenvalue weighted by molar-refractivity contribution is 6.30. The van der Waals surface area contributed by atoms with E-state index in [9.17, 15) is 14.7 Å². The van der Waals surface area contributed by atoms with Crippen LogP contribution in [0.2, 0.25) is 5.02 Å². The highest BCUT2D eigenvalue weighted by Crippen LogP contribution is 2.13. The maximum absolute atomic E-state index is 12.2. The molecule has 23 heavy (non-hydrogen) atoms. The molecule has 5 nitrogen and oxygen atoms in total. The first-order valence-electron chi connectivity index (χ1n) is 6.92. The molecular formula is C17H16ClNO4. The molecule has 120 valence electrons. The number of phenols is 1. The summed E-state index contributed by atoms with van der Waals surface area (Å²) in [4.78, 5) is 24.1. The number of ether oxygens (including phenoxy) is 1. The molecule has 0 aromatic heterocycles. The first kappa shape index (κ1) is 16.8. The fourth-order valence-corrected chi connectivity index (χ4v) is 2.17. The van der Waals surface area contributed by atoms with E-state index in [1.807, 2.05) is 0 Å². The summed E-state index contributed by atoms with van der Waals surface area (Å²) in [7, 11) is 1.26. The molecule has 1 amide bonds. The highest BCUT2D eigenvalue weighted by Gasteiger charge is 2.22. The number of methoxy groups -OCH3 is 1. The van der Waals surface area contributed by atoms with Crippen LogP contribution >= 0.6 is 11.6 Å². The molecule has 0 spiro atoms. The van der Waals surface area contributed by atoms with E-state index in [1.54, 1.807) is 36.4 Å². The number of aromatic hydroxyl groups is 1. The van der Waals surface area contributed by atoms with Gasteiger partial charge in [0.15, 0.2) is 0 Å². The Morgan fingerprint density at radius 1 is 1.13 bits per heavy atom. The molecule has 2 N–H and O–H groups in total. The molecule has 6 heteroatoms. The normalized spacial score (nSPS) is 11.6. The fourth-order valence-electron chi connectivity index (χ4n) is 2.05. The van der Waals surface area contributed by atoms with Crippen molar-refractivity contribution in [3.63, 3.8) is 0 Å². The van der Waals surface area contributed by atoms with Gasteiger partial charge >= 0.3 is 5.97 Å². The van der Waals surface area contributed by atoms with Gasteiger partial charge in [0.2, 0.25) is 0 Å². The summed E-state index contributed by atoms with van der Waals surface area (Å²) < 4.78 is 4.74. The molecule has 0 aliphatic heterocycles. The lowest BCUT2D eigenvalue weighted by molar-refractivity contribution is -0.142. The van der Waals surface area contributed by atoms with E-state index in [-0.39, 0.29) is 12.2 Å². The first-order valence-corrected chi connectivity index (χ1v) is 7.29. The third-order valence-electron chi connectivity index (χ3n) is 3.27. The number of halogens is 1. The van der Waals surface area contributed by atoms with Crippen molar-refractivity contribution in [1.82, 2.24) is 5.32 Å². The Labute approximate surface area is 138 Å². The zero-order valence-electron chi connectivity index (χ0n) is 12.5. The van der Waals surface area contributed by atoms with Gasteiger partial charge in [0.25, 0.3) is 5.91 Å². The average Bonchev–Trinajstić information content (AvgIpc) is 2.56. The van der Waals surface area contributed by atoms with Crippen molar-refractivity contribution in [2.24, 2.45) is 0 Å². The highest BCUT2D eigenvalue weighted by atomic mass is 35.5. The number of benzene rings is 2. The minimum absolute atomic E-state index is 0.133. The number of nitrogens with one attached hydrogen (secondary N) is 1. The van der Waals surface area contributed by atoms with E-state index in [0.29, 0.717) is 10.6 Å². The maximum atomic E-state index is 12.2. The molecule has 2 rings (SSSR count). The van der Waals surface area contributed by atoms with Crippen LogP contribution in [0, 0.1) is 0 Å². The van der Waals surface area contributed by atoms with Gasteiger partial charge in [-0.1, -0.05) is 23.7 Å². The number of carbonyl (C=O) groups excluding carboxylic acids is 2. The number of hydrogen-bond acceptors (Lipinski definition) is 4. The van der Waals surface area contributed by atoms with Gasteiger partial charge in [-0.05, 0) is 42.0 Å². The molecule has 0 fully saturated rings. The van der Waals surface area contributed by atoms with Gasteiger partial charge in [-0.2, -0.15) is 0 Å². The molecule has 0 aliphatic carbocycles. The molecule has 0 radical (unpaired) electrons. The van der Waals surface area contributed by atoms with Gasteiger partial charge in [-0.15, -0.1) is 0 Å². The molecule has 2 aromatic carbocycles. The summed E-state index contributed by atoms with van der Waals surface area (Å²) in [5.41, 5.74) is 1.18. The number of amides is 1. The van der Waals surface area contributed by atoms with Crippen LogP contribution < -0.4 is 5.32 Å². The van der Waals surface area contributed by atoms with Gasteiger partial charge < -0.3 is 15.2 Å². The van der Waals surface area contributed by atoms with Crippen LogP contribution in [0.1, 0.15) is 15.9 Å². The number of carbonyl (C=O) groups is 2. The molecule has 0 saturated carbocycles. The Morgan fingerprint density at radius 2 is 1.74 bits per heavy atom. The second kappa shape index (κ2) is 7.65. The van der Waals surface area contributed by atoms with Crippen molar-refractivity contribution in [3.8, 4) is 5.75 Å². The van der Waals surface area contributed by atoms with Crippen LogP contribution in [0.5, 0.6) is 5.75 Å². The van der Waals surface area contributed by atoms with Crippen LogP contribution in [0.15, 0.2) is 48.5 Å². The van der Waals surface area contributed by atoms with Crippen molar-refractivity contribution >= 4 is 23.5 Å². The topological polar surface area (TPSA) is 75.6 Å². The van der Waals surface area contributed by atoms with Crippen molar-refractivity contribution < 1.29 is 19.4 Å². The van der Waals surface area contributed by atoms with Crippen molar-refractivity contribution in [2.75, 3.05) is 7.11 Å². The van der Waals surface area contributed by atoms with Crippen LogP contribution in [0.3, 0.4) is 0 Å². The van der Waals surface area contributed by atoms with Gasteiger partial charge in [-0.3, -0.25) is 4.79 Å². The van der Waals surface area contributed by atoms with E-state index < -0.39 is 17.9 Å². The first-order chi connectivity index (χ1) is 11.0. The maximum Gasteiger partial charge on any atom is 0.328 e. The van der Waals surface area contributed by atoms with E-state index in [4.69, 9.17) is 16.3 Å². The van der Waals surface area contributed by atoms with Gasteiger partial charge in [0, 0.05) is 17.0 Å². The fraction of sp³-hybridized carbons (Fsp3) is 0.176. The summed E-state index contributed by atoms with van der Waals surface area (Å²) in [6, 6.07) is 11.9. The summed E-state index contributed by atoms with van der Waals surface area (Å²) >= 11 is 5.79. The Balaban J connectivity index is 2.12. The van der Waals surface area contributed by atoms with Crippen molar-refractivity contribution in [2.45, 2.75) is 12.5 Å². The lowest BCUT2D eigenvalue weighted by atomic mass is 10.1. The van der Waals surface area contributed by atoms with E-state index in [0.717, 1.165) is 5.56 Å². The predicted octanol–water partition coefficient (Wildman–Crippen LogP) is 2.56. The van der Waals surface area contributed by atoms with Crippen LogP contribution in [0.4, 0.5) is 0 Å². The minimum Gasteiger partial charge on any atom is -0.508 e. The van der Waals surface area contributed by atoms with Gasteiger partial charge in [0.05, 0.1) is 7.11 Å². The molecule has 0 unspecified atom stereocenters. The Bertz CT molecular complexity index is 683. The van der Waals surface area contributed by atoms with E-state index in [2.05, 4.69) is 5.32 Å². The average molecular weight is 334 g/mol. The Kier molecular flexibility index (Phi) is 5.60. The smallest absolute Gasteiger partial charge is 0.328 e. The summed E-state index contributed by atoms with van der Waals surface area (Å²) in [6.07, 6.45) is 0.256. The monoisotopic (exact) mass is 333 g/mol. The summed E-state index contributed by atoms with van der Waals surface area (Å²) in [5, 5.41) is 12.5. The van der Waals surface area contributed by atoms with Crippen LogP contribution in [-0.2, 0) is 16.0 Å². The molecule has 0 bridgehead atoms. The van der Waals surface area contributed by atoms with Crippen molar-refractivity contribution in [1.29, 1.82) is 0 Å². The van der Waals surface area contributed by atoms with Gasteiger partial charge in [-0.25, -0.2) is 4.79 Å². The largest absolute Gasteiger partial charge is 0.508 e. The van der Waals surface area contributed by atoms with Crippen molar-refractivity contribution in [3.05, 3.63) is 64.7 Å². The lowest BCUT2D eigenvalue weighted by Gasteiger charge is -2.16. The molecule has 0 heterocycles. The summed E-state index contributed by atoms with van der Waals surface area (Å²) in [5.74, 6) is -0.801. The zero-order valence-corrected chi connectivity index (χ0v) is 13.2. The molecule has 0 saturated heterocycles. The molecule has 0 aliphatic rings. The van der Waals surface area contributed by atoms with E-state index >= 15 is 0 Å². The molecule has 1 atom stereocenters. The number of esters is 1. The minimum atomic E-state index is -0.826. The SMILES string of the molecule is COC(=O)[C@@H](Cc1ccc(O)cc1)NC(=O)c1ccc(Cl)cc1. The zero-order chi connectivity index (χ0) is 16.8. The molecular weight excluding hydrogens is 318 g/mol. The Morgan fingerprint density at radius 3 is 2.30 bits per heavy atom. The van der Waals surface area contributed by atoms with Crippen LogP contribution in [-0.4, -0.2) is 30.1 Å². The number of phenolic OH excluding ortho intramolecular Hbond substituents is 1. The predicted molar refractivity (Wildman–Crippen MR) is 86.5 cm³/mol. The second-order valence-corrected chi connectivity index (χ2v) is 5.36. The standard InChI is InChI=1S/C17H16ClNO4/c1-23-17(22)15(10-11-2-8-14(20)9-3-11)19-16(21)12-4-6-13(18)7-5-12/h2-9,15,20H,10H2,1H3,(H,19,21)/t15-/m1/s1. The quantitative estimate of drug-likeness (QED) is 0.825. The Hall–Kier alpha value is -2.53. The molecule has 2 aromatic rings. The third kappa shape index (κ3) is 4.72. The lowest BCUT2D eigenvalue weighted by Crippen LogP contribution is -2.43. The van der Waals surface area contributed by atoms with Gasteiger partial charge in [0.1, 0.15) is 11.8 Å².